The Kier molecular flexibility index (Phi) is 3.97. The van der Waals surface area contributed by atoms with Crippen LogP contribution >= 0.6 is 0 Å². The zero-order valence-electron chi connectivity index (χ0n) is 9.43. The smallest absolute Gasteiger partial charge is 0.0642 e. The molecular formula is C13H18N2O. The molecule has 1 aromatic rings. The number of morpholine rings is 1. The van der Waals surface area contributed by atoms with E-state index >= 15 is 0 Å². The first-order chi connectivity index (χ1) is 7.90. The third kappa shape index (κ3) is 2.84. The number of benzene rings is 1. The van der Waals surface area contributed by atoms with E-state index in [1.807, 2.05) is 6.08 Å². The van der Waals surface area contributed by atoms with Crippen molar-refractivity contribution in [3.8, 4) is 0 Å². The third-order valence-electron chi connectivity index (χ3n) is 2.69. The van der Waals surface area contributed by atoms with Gasteiger partial charge in [0.1, 0.15) is 0 Å². The van der Waals surface area contributed by atoms with E-state index in [9.17, 15) is 0 Å². The lowest BCUT2D eigenvalue weighted by Crippen LogP contribution is -2.36. The molecule has 1 aliphatic rings. The van der Waals surface area contributed by atoms with Gasteiger partial charge in [-0.25, -0.2) is 0 Å². The Hall–Kier alpha value is -1.32. The normalized spacial score (nSPS) is 16.9. The van der Waals surface area contributed by atoms with Crippen LogP contribution in [-0.2, 0) is 4.74 Å². The number of anilines is 1. The zero-order chi connectivity index (χ0) is 11.2. The topological polar surface area (TPSA) is 38.5 Å². The van der Waals surface area contributed by atoms with Crippen LogP contribution in [0, 0.1) is 0 Å². The van der Waals surface area contributed by atoms with Gasteiger partial charge in [-0.1, -0.05) is 24.3 Å². The first kappa shape index (κ1) is 11.2. The molecule has 1 fully saturated rings. The highest BCUT2D eigenvalue weighted by Crippen LogP contribution is 2.18. The van der Waals surface area contributed by atoms with Crippen molar-refractivity contribution in [3.63, 3.8) is 0 Å². The van der Waals surface area contributed by atoms with Crippen LogP contribution in [0.1, 0.15) is 5.56 Å². The number of rotatable bonds is 3. The van der Waals surface area contributed by atoms with Crippen molar-refractivity contribution in [1.29, 1.82) is 0 Å². The van der Waals surface area contributed by atoms with E-state index in [0.717, 1.165) is 26.3 Å². The minimum atomic E-state index is 0.585. The van der Waals surface area contributed by atoms with Crippen molar-refractivity contribution in [3.05, 3.63) is 35.9 Å². The van der Waals surface area contributed by atoms with E-state index in [-0.39, 0.29) is 0 Å². The maximum Gasteiger partial charge on any atom is 0.0642 e. The van der Waals surface area contributed by atoms with Crippen LogP contribution in [0.25, 0.3) is 6.08 Å². The molecule has 3 nitrogen and oxygen atoms in total. The minimum Gasteiger partial charge on any atom is -0.378 e. The molecule has 0 amide bonds. The second-order valence-corrected chi connectivity index (χ2v) is 3.83. The summed E-state index contributed by atoms with van der Waals surface area (Å²) in [6.45, 7) is 4.18. The Balaban J connectivity index is 2.11. The maximum absolute atomic E-state index is 5.44. The van der Waals surface area contributed by atoms with Crippen LogP contribution < -0.4 is 10.6 Å². The quantitative estimate of drug-likeness (QED) is 0.835. The van der Waals surface area contributed by atoms with Crippen molar-refractivity contribution >= 4 is 11.8 Å². The van der Waals surface area contributed by atoms with Gasteiger partial charge in [0.2, 0.25) is 0 Å². The molecule has 2 N–H and O–H groups in total. The molecule has 2 rings (SSSR count). The van der Waals surface area contributed by atoms with E-state index in [1.165, 1.54) is 11.3 Å². The van der Waals surface area contributed by atoms with E-state index in [1.54, 1.807) is 0 Å². The Morgan fingerprint density at radius 3 is 2.88 bits per heavy atom. The Morgan fingerprint density at radius 2 is 2.12 bits per heavy atom. The lowest BCUT2D eigenvalue weighted by Gasteiger charge is -2.29. The molecular weight excluding hydrogens is 200 g/mol. The monoisotopic (exact) mass is 218 g/mol. The predicted octanol–water partition coefficient (Wildman–Crippen LogP) is 1.50. The summed E-state index contributed by atoms with van der Waals surface area (Å²) in [7, 11) is 0. The summed E-state index contributed by atoms with van der Waals surface area (Å²) in [6.07, 6.45) is 4.03. The molecule has 16 heavy (non-hydrogen) atoms. The molecule has 0 bridgehead atoms. The fraction of sp³-hybridized carbons (Fsp3) is 0.385. The van der Waals surface area contributed by atoms with Crippen LogP contribution in [0.15, 0.2) is 30.3 Å². The summed E-state index contributed by atoms with van der Waals surface area (Å²) in [5.74, 6) is 0. The largest absolute Gasteiger partial charge is 0.378 e. The van der Waals surface area contributed by atoms with E-state index in [2.05, 4.69) is 35.2 Å². The highest BCUT2D eigenvalue weighted by Gasteiger charge is 2.10. The lowest BCUT2D eigenvalue weighted by molar-refractivity contribution is 0.122. The average Bonchev–Trinajstić information content (AvgIpc) is 2.38. The molecule has 1 saturated heterocycles. The molecule has 0 unspecified atom stereocenters. The van der Waals surface area contributed by atoms with Crippen LogP contribution in [0.3, 0.4) is 0 Å². The van der Waals surface area contributed by atoms with Gasteiger partial charge in [0.25, 0.3) is 0 Å². The maximum atomic E-state index is 5.44. The molecule has 0 radical (unpaired) electrons. The summed E-state index contributed by atoms with van der Waals surface area (Å²) >= 11 is 0. The van der Waals surface area contributed by atoms with Gasteiger partial charge < -0.3 is 15.4 Å². The number of ether oxygens (including phenoxy) is 1. The molecule has 0 aromatic heterocycles. The van der Waals surface area contributed by atoms with E-state index in [0.29, 0.717) is 6.54 Å². The second kappa shape index (κ2) is 5.68. The van der Waals surface area contributed by atoms with Gasteiger partial charge in [0.05, 0.1) is 13.2 Å². The summed E-state index contributed by atoms with van der Waals surface area (Å²) in [5, 5.41) is 0. The molecule has 0 atom stereocenters. The van der Waals surface area contributed by atoms with Crippen LogP contribution in [-0.4, -0.2) is 32.8 Å². The summed E-state index contributed by atoms with van der Waals surface area (Å²) in [4.78, 5) is 2.35. The van der Waals surface area contributed by atoms with Crippen LogP contribution in [0.5, 0.6) is 0 Å². The van der Waals surface area contributed by atoms with Gasteiger partial charge in [-0.2, -0.15) is 0 Å². The number of hydrogen-bond donors (Lipinski definition) is 1. The summed E-state index contributed by atoms with van der Waals surface area (Å²) in [5.41, 5.74) is 7.91. The third-order valence-corrected chi connectivity index (χ3v) is 2.69. The van der Waals surface area contributed by atoms with Crippen molar-refractivity contribution in [2.75, 3.05) is 37.7 Å². The fourth-order valence-electron chi connectivity index (χ4n) is 1.85. The minimum absolute atomic E-state index is 0.585. The molecule has 1 aliphatic heterocycles. The van der Waals surface area contributed by atoms with Crippen molar-refractivity contribution in [2.24, 2.45) is 5.73 Å². The molecule has 86 valence electrons. The molecule has 0 spiro atoms. The van der Waals surface area contributed by atoms with Crippen LogP contribution in [0.4, 0.5) is 5.69 Å². The van der Waals surface area contributed by atoms with Gasteiger partial charge in [-0.3, -0.25) is 0 Å². The van der Waals surface area contributed by atoms with Gasteiger partial charge >= 0.3 is 0 Å². The van der Waals surface area contributed by atoms with Gasteiger partial charge in [0.15, 0.2) is 0 Å². The van der Waals surface area contributed by atoms with Crippen molar-refractivity contribution in [2.45, 2.75) is 0 Å². The van der Waals surface area contributed by atoms with Crippen LogP contribution in [0.2, 0.25) is 0 Å². The zero-order valence-corrected chi connectivity index (χ0v) is 9.43. The lowest BCUT2D eigenvalue weighted by atomic mass is 10.1. The standard InChI is InChI=1S/C13H18N2O/c14-6-2-4-12-3-1-5-13(11-12)15-7-9-16-10-8-15/h1-5,11H,6-10,14H2/b4-2+. The highest BCUT2D eigenvalue weighted by molar-refractivity contribution is 5.58. The van der Waals surface area contributed by atoms with Gasteiger partial charge in [-0.05, 0) is 17.7 Å². The Bertz CT molecular complexity index is 357. The summed E-state index contributed by atoms with van der Waals surface area (Å²) in [6, 6.07) is 8.51. The Morgan fingerprint density at radius 1 is 1.31 bits per heavy atom. The first-order valence-corrected chi connectivity index (χ1v) is 5.69. The predicted molar refractivity (Wildman–Crippen MR) is 67.6 cm³/mol. The molecule has 0 saturated carbocycles. The Labute approximate surface area is 96.5 Å². The number of hydrogen-bond acceptors (Lipinski definition) is 3. The summed E-state index contributed by atoms with van der Waals surface area (Å²) < 4.78 is 5.34. The SMILES string of the molecule is NC/C=C/c1cccc(N2CCOCC2)c1. The van der Waals surface area contributed by atoms with Crippen molar-refractivity contribution < 1.29 is 4.74 Å². The van der Waals surface area contributed by atoms with Gasteiger partial charge in [0, 0.05) is 25.3 Å². The van der Waals surface area contributed by atoms with E-state index in [4.69, 9.17) is 10.5 Å². The highest BCUT2D eigenvalue weighted by atomic mass is 16.5. The molecule has 1 aromatic carbocycles. The second-order valence-electron chi connectivity index (χ2n) is 3.83. The molecule has 0 aliphatic carbocycles. The molecule has 1 heterocycles. The first-order valence-electron chi connectivity index (χ1n) is 5.69. The van der Waals surface area contributed by atoms with Crippen molar-refractivity contribution in [1.82, 2.24) is 0 Å². The van der Waals surface area contributed by atoms with Gasteiger partial charge in [-0.15, -0.1) is 0 Å². The number of nitrogens with zero attached hydrogens (tertiary/aromatic N) is 1. The average molecular weight is 218 g/mol. The van der Waals surface area contributed by atoms with E-state index < -0.39 is 0 Å². The molecule has 3 heteroatoms. The number of nitrogens with two attached hydrogens (primary N) is 1. The fourth-order valence-corrected chi connectivity index (χ4v) is 1.85.